The van der Waals surface area contributed by atoms with Gasteiger partial charge in [0.25, 0.3) is 0 Å². The first kappa shape index (κ1) is 12.7. The van der Waals surface area contributed by atoms with Gasteiger partial charge in [-0.25, -0.2) is 0 Å². The maximum absolute atomic E-state index is 5.23. The van der Waals surface area contributed by atoms with E-state index in [0.29, 0.717) is 0 Å². The van der Waals surface area contributed by atoms with Crippen LogP contribution in [0.25, 0.3) is 0 Å². The van der Waals surface area contributed by atoms with Crippen molar-refractivity contribution in [2.45, 2.75) is 32.2 Å². The third kappa shape index (κ3) is 6.63. The van der Waals surface area contributed by atoms with Crippen molar-refractivity contribution in [2.75, 3.05) is 18.6 Å². The molecule has 1 heterocycles. The number of nitrogens with one attached hydrogen (secondary N) is 1. The number of thioether (sulfide) groups is 1. The quantitative estimate of drug-likeness (QED) is 0.655. The second-order valence-corrected chi connectivity index (χ2v) is 4.65. The Bertz CT molecular complexity index is 224. The van der Waals surface area contributed by atoms with Crippen LogP contribution in [0, 0.1) is 0 Å². The van der Waals surface area contributed by atoms with Gasteiger partial charge in [-0.2, -0.15) is 11.8 Å². The van der Waals surface area contributed by atoms with E-state index in [9.17, 15) is 0 Å². The smallest absolute Gasteiger partial charge is 0.117 e. The maximum atomic E-state index is 5.23. The monoisotopic (exact) mass is 227 g/mol. The fraction of sp³-hybridized carbons (Fsp3) is 0.667. The molecular formula is C12H21NOS. The number of hydrogen-bond acceptors (Lipinski definition) is 3. The third-order valence-electron chi connectivity index (χ3n) is 2.33. The van der Waals surface area contributed by atoms with Crippen molar-refractivity contribution in [1.29, 1.82) is 0 Å². The lowest BCUT2D eigenvalue weighted by atomic mass is 10.2. The van der Waals surface area contributed by atoms with Crippen LogP contribution in [-0.2, 0) is 6.54 Å². The van der Waals surface area contributed by atoms with Gasteiger partial charge in [0.15, 0.2) is 0 Å². The molecule has 0 fully saturated rings. The van der Waals surface area contributed by atoms with E-state index in [-0.39, 0.29) is 0 Å². The first-order valence-electron chi connectivity index (χ1n) is 5.65. The molecule has 0 aromatic carbocycles. The molecule has 1 rings (SSSR count). The van der Waals surface area contributed by atoms with Crippen LogP contribution in [0.2, 0.25) is 0 Å². The van der Waals surface area contributed by atoms with Gasteiger partial charge in [0.05, 0.1) is 12.8 Å². The van der Waals surface area contributed by atoms with Crippen molar-refractivity contribution in [1.82, 2.24) is 5.32 Å². The highest BCUT2D eigenvalue weighted by Gasteiger charge is 1.94. The summed E-state index contributed by atoms with van der Waals surface area (Å²) in [5, 5.41) is 3.38. The minimum atomic E-state index is 0.859. The summed E-state index contributed by atoms with van der Waals surface area (Å²) in [5.74, 6) is 2.33. The fourth-order valence-corrected chi connectivity index (χ4v) is 1.97. The molecule has 15 heavy (non-hydrogen) atoms. The predicted molar refractivity (Wildman–Crippen MR) is 67.3 cm³/mol. The van der Waals surface area contributed by atoms with E-state index in [4.69, 9.17) is 4.42 Å². The Balaban J connectivity index is 1.81. The average molecular weight is 227 g/mol. The predicted octanol–water partition coefficient (Wildman–Crippen LogP) is 3.29. The molecule has 0 amide bonds. The third-order valence-corrected chi connectivity index (χ3v) is 3.03. The van der Waals surface area contributed by atoms with Crippen LogP contribution >= 0.6 is 11.8 Å². The molecule has 1 N–H and O–H groups in total. The normalized spacial score (nSPS) is 10.7. The Morgan fingerprint density at radius 2 is 2.13 bits per heavy atom. The average Bonchev–Trinajstić information content (AvgIpc) is 2.75. The van der Waals surface area contributed by atoms with Gasteiger partial charge in [0, 0.05) is 0 Å². The van der Waals surface area contributed by atoms with Crippen molar-refractivity contribution in [3.05, 3.63) is 24.2 Å². The highest BCUT2D eigenvalue weighted by molar-refractivity contribution is 7.98. The van der Waals surface area contributed by atoms with Gasteiger partial charge in [-0.1, -0.05) is 12.8 Å². The largest absolute Gasteiger partial charge is 0.468 e. The zero-order valence-corrected chi connectivity index (χ0v) is 10.3. The molecule has 0 aliphatic carbocycles. The van der Waals surface area contributed by atoms with Crippen LogP contribution < -0.4 is 5.32 Å². The van der Waals surface area contributed by atoms with Gasteiger partial charge in [-0.05, 0) is 43.5 Å². The van der Waals surface area contributed by atoms with E-state index >= 15 is 0 Å². The van der Waals surface area contributed by atoms with E-state index in [0.717, 1.165) is 18.8 Å². The maximum Gasteiger partial charge on any atom is 0.117 e. The SMILES string of the molecule is CSCCCCCCNCc1ccco1. The zero-order chi connectivity index (χ0) is 10.8. The Morgan fingerprint density at radius 3 is 2.87 bits per heavy atom. The molecule has 0 saturated heterocycles. The highest BCUT2D eigenvalue weighted by Crippen LogP contribution is 2.04. The van der Waals surface area contributed by atoms with Crippen LogP contribution in [0.3, 0.4) is 0 Å². The molecule has 0 bridgehead atoms. The van der Waals surface area contributed by atoms with Gasteiger partial charge in [-0.15, -0.1) is 0 Å². The summed E-state index contributed by atoms with van der Waals surface area (Å²) in [5.41, 5.74) is 0. The standard InChI is InChI=1S/C12H21NOS/c1-15-10-5-3-2-4-8-13-11-12-7-6-9-14-12/h6-7,9,13H,2-5,8,10-11H2,1H3. The molecule has 0 aliphatic rings. The summed E-state index contributed by atoms with van der Waals surface area (Å²) in [6, 6.07) is 3.94. The molecule has 0 unspecified atom stereocenters. The lowest BCUT2D eigenvalue weighted by Crippen LogP contribution is -2.14. The van der Waals surface area contributed by atoms with E-state index < -0.39 is 0 Å². The molecule has 0 saturated carbocycles. The van der Waals surface area contributed by atoms with E-state index in [1.165, 1.54) is 31.4 Å². The van der Waals surface area contributed by atoms with Gasteiger partial charge in [-0.3, -0.25) is 0 Å². The van der Waals surface area contributed by atoms with Crippen LogP contribution in [0.4, 0.5) is 0 Å². The molecule has 1 aromatic rings. The molecule has 2 nitrogen and oxygen atoms in total. The molecule has 0 atom stereocenters. The van der Waals surface area contributed by atoms with Crippen molar-refractivity contribution < 1.29 is 4.42 Å². The number of hydrogen-bond donors (Lipinski definition) is 1. The van der Waals surface area contributed by atoms with Crippen molar-refractivity contribution >= 4 is 11.8 Å². The van der Waals surface area contributed by atoms with Crippen molar-refractivity contribution in [3.8, 4) is 0 Å². The summed E-state index contributed by atoms with van der Waals surface area (Å²) in [7, 11) is 0. The molecular weight excluding hydrogens is 206 g/mol. The summed E-state index contributed by atoms with van der Waals surface area (Å²) in [6.45, 7) is 1.96. The Hall–Kier alpha value is -0.410. The molecule has 1 aromatic heterocycles. The lowest BCUT2D eigenvalue weighted by molar-refractivity contribution is 0.478. The van der Waals surface area contributed by atoms with Gasteiger partial charge < -0.3 is 9.73 Å². The summed E-state index contributed by atoms with van der Waals surface area (Å²) in [4.78, 5) is 0. The first-order valence-corrected chi connectivity index (χ1v) is 7.05. The highest BCUT2D eigenvalue weighted by atomic mass is 32.2. The lowest BCUT2D eigenvalue weighted by Gasteiger charge is -2.02. The van der Waals surface area contributed by atoms with Gasteiger partial charge >= 0.3 is 0 Å². The van der Waals surface area contributed by atoms with Gasteiger partial charge in [0.1, 0.15) is 5.76 Å². The summed E-state index contributed by atoms with van der Waals surface area (Å²) >= 11 is 1.94. The topological polar surface area (TPSA) is 25.2 Å². The number of unbranched alkanes of at least 4 members (excludes halogenated alkanes) is 3. The van der Waals surface area contributed by atoms with E-state index in [1.807, 2.05) is 23.9 Å². The molecule has 3 heteroatoms. The minimum absolute atomic E-state index is 0.859. The van der Waals surface area contributed by atoms with E-state index in [2.05, 4.69) is 11.6 Å². The summed E-state index contributed by atoms with van der Waals surface area (Å²) < 4.78 is 5.23. The fourth-order valence-electron chi connectivity index (χ4n) is 1.47. The molecule has 0 spiro atoms. The van der Waals surface area contributed by atoms with Crippen LogP contribution in [-0.4, -0.2) is 18.6 Å². The summed E-state index contributed by atoms with van der Waals surface area (Å²) in [6.07, 6.45) is 9.23. The van der Waals surface area contributed by atoms with E-state index in [1.54, 1.807) is 6.26 Å². The number of furan rings is 1. The molecule has 86 valence electrons. The Morgan fingerprint density at radius 1 is 1.27 bits per heavy atom. The van der Waals surface area contributed by atoms with Crippen LogP contribution in [0.15, 0.2) is 22.8 Å². The van der Waals surface area contributed by atoms with Gasteiger partial charge in [0.2, 0.25) is 0 Å². The second-order valence-electron chi connectivity index (χ2n) is 3.66. The number of rotatable bonds is 9. The van der Waals surface area contributed by atoms with Crippen LogP contribution in [0.1, 0.15) is 31.4 Å². The Labute approximate surface area is 96.8 Å². The first-order chi connectivity index (χ1) is 7.43. The molecule has 0 radical (unpaired) electrons. The van der Waals surface area contributed by atoms with Crippen molar-refractivity contribution in [2.24, 2.45) is 0 Å². The second kappa shape index (κ2) is 8.86. The molecule has 0 aliphatic heterocycles. The van der Waals surface area contributed by atoms with Crippen molar-refractivity contribution in [3.63, 3.8) is 0 Å². The zero-order valence-electron chi connectivity index (χ0n) is 9.50. The Kier molecular flexibility index (Phi) is 7.48. The minimum Gasteiger partial charge on any atom is -0.468 e. The van der Waals surface area contributed by atoms with Crippen LogP contribution in [0.5, 0.6) is 0 Å².